The molecule has 1 unspecified atom stereocenters. The van der Waals surface area contributed by atoms with E-state index in [9.17, 15) is 4.79 Å². The molecular weight excluding hydrogens is 346 g/mol. The molecule has 1 fully saturated rings. The lowest BCUT2D eigenvalue weighted by atomic mass is 9.90. The Morgan fingerprint density at radius 1 is 1.23 bits per heavy atom. The van der Waals surface area contributed by atoms with E-state index in [1.165, 1.54) is 41.7 Å². The minimum absolute atomic E-state index is 0.150. The zero-order chi connectivity index (χ0) is 17.9. The molecule has 1 aromatic heterocycles. The smallest absolute Gasteiger partial charge is 0.243 e. The van der Waals surface area contributed by atoms with Gasteiger partial charge in [0.2, 0.25) is 5.91 Å². The minimum Gasteiger partial charge on any atom is -0.381 e. The molecule has 3 N–H and O–H groups in total. The lowest BCUT2D eigenvalue weighted by molar-refractivity contribution is -0.119. The van der Waals surface area contributed by atoms with Crippen molar-refractivity contribution in [3.05, 3.63) is 34.7 Å². The van der Waals surface area contributed by atoms with Gasteiger partial charge in [0, 0.05) is 24.2 Å². The summed E-state index contributed by atoms with van der Waals surface area (Å²) in [5, 5.41) is 5.51. The lowest BCUT2D eigenvalue weighted by Gasteiger charge is -2.26. The zero-order valence-electron chi connectivity index (χ0n) is 14.9. The Morgan fingerprint density at radius 3 is 2.81 bits per heavy atom. The maximum atomic E-state index is 12.4. The number of ether oxygens (including phenoxy) is 1. The quantitative estimate of drug-likeness (QED) is 0.864. The SMILES string of the molecule is NC(C(=O)Nc1nc(-c2ccc3c(c2)CCCC3)cs1)C1CCOCC1. The van der Waals surface area contributed by atoms with Gasteiger partial charge in [0.15, 0.2) is 5.13 Å². The maximum absolute atomic E-state index is 12.4. The van der Waals surface area contributed by atoms with Gasteiger partial charge in [-0.3, -0.25) is 4.79 Å². The number of nitrogens with zero attached hydrogens (tertiary/aromatic N) is 1. The first-order valence-electron chi connectivity index (χ1n) is 9.42. The number of benzene rings is 1. The van der Waals surface area contributed by atoms with Gasteiger partial charge < -0.3 is 15.8 Å². The Hall–Kier alpha value is -1.76. The highest BCUT2D eigenvalue weighted by atomic mass is 32.1. The topological polar surface area (TPSA) is 77.2 Å². The summed E-state index contributed by atoms with van der Waals surface area (Å²) < 4.78 is 5.34. The molecule has 2 aromatic rings. The van der Waals surface area contributed by atoms with Crippen LogP contribution in [-0.4, -0.2) is 30.1 Å². The van der Waals surface area contributed by atoms with Gasteiger partial charge in [-0.25, -0.2) is 4.98 Å². The lowest BCUT2D eigenvalue weighted by Crippen LogP contribution is -2.43. The molecule has 2 aliphatic rings. The maximum Gasteiger partial charge on any atom is 0.243 e. The first-order valence-corrected chi connectivity index (χ1v) is 10.3. The molecule has 1 amide bonds. The van der Waals surface area contributed by atoms with Crippen LogP contribution in [0.25, 0.3) is 11.3 Å². The molecule has 26 heavy (non-hydrogen) atoms. The summed E-state index contributed by atoms with van der Waals surface area (Å²) in [6, 6.07) is 6.11. The number of amides is 1. The fourth-order valence-corrected chi connectivity index (χ4v) is 4.56. The second-order valence-electron chi connectivity index (χ2n) is 7.19. The van der Waals surface area contributed by atoms with Crippen LogP contribution in [0.15, 0.2) is 23.6 Å². The van der Waals surface area contributed by atoms with Crippen LogP contribution in [0.3, 0.4) is 0 Å². The van der Waals surface area contributed by atoms with E-state index in [2.05, 4.69) is 28.5 Å². The number of nitrogens with two attached hydrogens (primary N) is 1. The van der Waals surface area contributed by atoms with Crippen molar-refractivity contribution in [1.82, 2.24) is 4.98 Å². The normalized spacial score (nSPS) is 19.0. The van der Waals surface area contributed by atoms with Crippen LogP contribution in [0.4, 0.5) is 5.13 Å². The van der Waals surface area contributed by atoms with E-state index < -0.39 is 6.04 Å². The van der Waals surface area contributed by atoms with Crippen molar-refractivity contribution in [2.24, 2.45) is 11.7 Å². The van der Waals surface area contributed by atoms with Crippen molar-refractivity contribution in [3.63, 3.8) is 0 Å². The van der Waals surface area contributed by atoms with E-state index >= 15 is 0 Å². The molecule has 0 spiro atoms. The van der Waals surface area contributed by atoms with Gasteiger partial charge in [0.1, 0.15) is 0 Å². The third-order valence-corrected chi connectivity index (χ3v) is 6.21. The van der Waals surface area contributed by atoms with Crippen molar-refractivity contribution in [2.45, 2.75) is 44.6 Å². The molecule has 6 heteroatoms. The highest BCUT2D eigenvalue weighted by Crippen LogP contribution is 2.30. The molecule has 0 radical (unpaired) electrons. The van der Waals surface area contributed by atoms with Gasteiger partial charge in [-0.1, -0.05) is 12.1 Å². The Kier molecular flexibility index (Phi) is 5.33. The van der Waals surface area contributed by atoms with Crippen molar-refractivity contribution < 1.29 is 9.53 Å². The number of carbonyl (C=O) groups excluding carboxylic acids is 1. The molecule has 0 bridgehead atoms. The molecule has 1 saturated heterocycles. The average molecular weight is 372 g/mol. The van der Waals surface area contributed by atoms with E-state index in [-0.39, 0.29) is 11.8 Å². The van der Waals surface area contributed by atoms with E-state index in [1.54, 1.807) is 0 Å². The van der Waals surface area contributed by atoms with Gasteiger partial charge in [0.05, 0.1) is 11.7 Å². The Bertz CT molecular complexity index is 783. The third kappa shape index (κ3) is 3.82. The predicted molar refractivity (Wildman–Crippen MR) is 104 cm³/mol. The Balaban J connectivity index is 1.43. The fourth-order valence-electron chi connectivity index (χ4n) is 3.83. The molecule has 1 aliphatic heterocycles. The van der Waals surface area contributed by atoms with E-state index in [0.29, 0.717) is 18.3 Å². The van der Waals surface area contributed by atoms with Gasteiger partial charge in [-0.2, -0.15) is 0 Å². The van der Waals surface area contributed by atoms with Crippen LogP contribution in [0.1, 0.15) is 36.8 Å². The number of hydrogen-bond donors (Lipinski definition) is 2. The second-order valence-corrected chi connectivity index (χ2v) is 8.05. The first kappa shape index (κ1) is 17.6. The van der Waals surface area contributed by atoms with E-state index in [4.69, 9.17) is 10.5 Å². The highest BCUT2D eigenvalue weighted by Gasteiger charge is 2.27. The predicted octanol–water partition coefficient (Wildman–Crippen LogP) is 3.38. The summed E-state index contributed by atoms with van der Waals surface area (Å²) in [4.78, 5) is 17.0. The summed E-state index contributed by atoms with van der Waals surface area (Å²) in [6.07, 6.45) is 6.56. The highest BCUT2D eigenvalue weighted by molar-refractivity contribution is 7.14. The molecule has 4 rings (SSSR count). The number of rotatable bonds is 4. The van der Waals surface area contributed by atoms with Gasteiger partial charge in [0.25, 0.3) is 0 Å². The summed E-state index contributed by atoms with van der Waals surface area (Å²) in [7, 11) is 0. The van der Waals surface area contributed by atoms with Crippen molar-refractivity contribution in [1.29, 1.82) is 0 Å². The summed E-state index contributed by atoms with van der Waals surface area (Å²) in [5.41, 5.74) is 11.1. The van der Waals surface area contributed by atoms with Crippen LogP contribution >= 0.6 is 11.3 Å². The molecule has 0 saturated carbocycles. The number of hydrogen-bond acceptors (Lipinski definition) is 5. The number of anilines is 1. The van der Waals surface area contributed by atoms with Crippen molar-refractivity contribution in [3.8, 4) is 11.3 Å². The summed E-state index contributed by atoms with van der Waals surface area (Å²) >= 11 is 1.45. The number of fused-ring (bicyclic) bond motifs is 1. The molecule has 138 valence electrons. The molecule has 1 atom stereocenters. The van der Waals surface area contributed by atoms with Crippen LogP contribution in [0, 0.1) is 5.92 Å². The van der Waals surface area contributed by atoms with Crippen LogP contribution in [0.5, 0.6) is 0 Å². The standard InChI is InChI=1S/C20H25N3O2S/c21-18(14-7-9-25-10-8-14)19(24)23-20-22-17(12-26-20)16-6-5-13-3-1-2-4-15(13)11-16/h5-6,11-12,14,18H,1-4,7-10,21H2,(H,22,23,24). The minimum atomic E-state index is -0.505. The monoisotopic (exact) mass is 371 g/mol. The van der Waals surface area contributed by atoms with Crippen LogP contribution in [0.2, 0.25) is 0 Å². The van der Waals surface area contributed by atoms with Crippen molar-refractivity contribution in [2.75, 3.05) is 18.5 Å². The molecule has 1 aliphatic carbocycles. The molecule has 5 nitrogen and oxygen atoms in total. The Morgan fingerprint density at radius 2 is 2.00 bits per heavy atom. The Labute approximate surface area is 158 Å². The van der Waals surface area contributed by atoms with Gasteiger partial charge in [-0.05, 0) is 61.6 Å². The zero-order valence-corrected chi connectivity index (χ0v) is 15.7. The number of carbonyl (C=O) groups is 1. The third-order valence-electron chi connectivity index (χ3n) is 5.46. The summed E-state index contributed by atoms with van der Waals surface area (Å²) in [5.74, 6) is 0.0343. The second kappa shape index (κ2) is 7.86. The van der Waals surface area contributed by atoms with E-state index in [1.807, 2.05) is 5.38 Å². The number of nitrogens with one attached hydrogen (secondary N) is 1. The fraction of sp³-hybridized carbons (Fsp3) is 0.500. The number of aromatic nitrogens is 1. The van der Waals surface area contributed by atoms with Crippen LogP contribution in [-0.2, 0) is 22.4 Å². The van der Waals surface area contributed by atoms with Gasteiger partial charge in [-0.15, -0.1) is 11.3 Å². The van der Waals surface area contributed by atoms with E-state index in [0.717, 1.165) is 30.5 Å². The molecule has 2 heterocycles. The molecular formula is C20H25N3O2S. The number of aryl methyl sites for hydroxylation is 2. The average Bonchev–Trinajstić information content (AvgIpc) is 3.16. The first-order chi connectivity index (χ1) is 12.7. The molecule has 1 aromatic carbocycles. The summed E-state index contributed by atoms with van der Waals surface area (Å²) in [6.45, 7) is 1.37. The largest absolute Gasteiger partial charge is 0.381 e. The van der Waals surface area contributed by atoms with Gasteiger partial charge >= 0.3 is 0 Å². The number of thiazole rings is 1. The van der Waals surface area contributed by atoms with Crippen LogP contribution < -0.4 is 11.1 Å². The van der Waals surface area contributed by atoms with Crippen molar-refractivity contribution >= 4 is 22.4 Å².